The maximum absolute atomic E-state index is 5.87. The van der Waals surface area contributed by atoms with Gasteiger partial charge >= 0.3 is 0 Å². The number of anilines is 1. The van der Waals surface area contributed by atoms with Crippen molar-refractivity contribution >= 4 is 17.3 Å². The number of benzene rings is 2. The van der Waals surface area contributed by atoms with Crippen molar-refractivity contribution in [2.75, 3.05) is 11.9 Å². The van der Waals surface area contributed by atoms with E-state index < -0.39 is 0 Å². The van der Waals surface area contributed by atoms with Crippen LogP contribution in [0.3, 0.4) is 0 Å². The van der Waals surface area contributed by atoms with Crippen LogP contribution in [0, 0.1) is 11.8 Å². The molecule has 0 heterocycles. The smallest absolute Gasteiger partial charge is 0.127 e. The normalized spacial score (nSPS) is 20.8. The highest BCUT2D eigenvalue weighted by atomic mass is 35.5. The fraction of sp³-hybridized carbons (Fsp3) is 0.368. The Balaban J connectivity index is 1.52. The van der Waals surface area contributed by atoms with Crippen LogP contribution in [0.1, 0.15) is 26.2 Å². The van der Waals surface area contributed by atoms with Crippen LogP contribution in [0.5, 0.6) is 11.5 Å². The number of hydrogen-bond donors (Lipinski definition) is 1. The first kappa shape index (κ1) is 15.2. The van der Waals surface area contributed by atoms with Gasteiger partial charge in [-0.15, -0.1) is 0 Å². The summed E-state index contributed by atoms with van der Waals surface area (Å²) >= 11 is 5.87. The van der Waals surface area contributed by atoms with Crippen molar-refractivity contribution < 1.29 is 4.74 Å². The molecule has 1 aliphatic carbocycles. The number of hydrogen-bond acceptors (Lipinski definition) is 2. The molecule has 0 radical (unpaired) electrons. The molecule has 2 atom stereocenters. The lowest BCUT2D eigenvalue weighted by Gasteiger charge is -2.13. The summed E-state index contributed by atoms with van der Waals surface area (Å²) in [5.74, 6) is 3.34. The second kappa shape index (κ2) is 7.06. The van der Waals surface area contributed by atoms with Crippen LogP contribution in [-0.2, 0) is 0 Å². The molecular formula is C19H22ClNO. The predicted octanol–water partition coefficient (Wildman–Crippen LogP) is 5.98. The molecule has 1 aliphatic rings. The lowest BCUT2D eigenvalue weighted by molar-refractivity contribution is 0.482. The number of nitrogens with one attached hydrogen (secondary N) is 1. The molecule has 0 bridgehead atoms. The van der Waals surface area contributed by atoms with Crippen LogP contribution in [0.4, 0.5) is 5.69 Å². The highest BCUT2D eigenvalue weighted by molar-refractivity contribution is 6.30. The van der Waals surface area contributed by atoms with E-state index in [1.165, 1.54) is 19.3 Å². The van der Waals surface area contributed by atoms with E-state index >= 15 is 0 Å². The van der Waals surface area contributed by atoms with Crippen molar-refractivity contribution in [1.29, 1.82) is 0 Å². The van der Waals surface area contributed by atoms with E-state index in [2.05, 4.69) is 24.4 Å². The summed E-state index contributed by atoms with van der Waals surface area (Å²) in [6.45, 7) is 3.42. The van der Waals surface area contributed by atoms with Gasteiger partial charge in [0.1, 0.15) is 11.5 Å². The molecule has 3 heteroatoms. The van der Waals surface area contributed by atoms with Crippen LogP contribution in [0.25, 0.3) is 0 Å². The molecule has 2 aromatic carbocycles. The van der Waals surface area contributed by atoms with E-state index in [1.807, 2.05) is 36.4 Å². The van der Waals surface area contributed by atoms with Gasteiger partial charge in [-0.3, -0.25) is 0 Å². The van der Waals surface area contributed by atoms with Gasteiger partial charge in [-0.25, -0.2) is 0 Å². The Bertz CT molecular complexity index is 594. The van der Waals surface area contributed by atoms with Crippen molar-refractivity contribution in [3.63, 3.8) is 0 Å². The van der Waals surface area contributed by atoms with E-state index in [0.29, 0.717) is 5.02 Å². The van der Waals surface area contributed by atoms with Gasteiger partial charge in [-0.2, -0.15) is 0 Å². The third kappa shape index (κ3) is 4.17. The standard InChI is InChI=1S/C19H22ClNO/c1-14-2-3-15(12-14)13-21-17-6-10-19(11-7-17)22-18-8-4-16(20)5-9-18/h4-11,14-15,21H,2-3,12-13H2,1H3. The van der Waals surface area contributed by atoms with Crippen molar-refractivity contribution in [1.82, 2.24) is 0 Å². The summed E-state index contributed by atoms with van der Waals surface area (Å²) in [7, 11) is 0. The minimum Gasteiger partial charge on any atom is -0.457 e. The molecule has 1 fully saturated rings. The van der Waals surface area contributed by atoms with Gasteiger partial charge < -0.3 is 10.1 Å². The number of rotatable bonds is 5. The SMILES string of the molecule is CC1CCC(CNc2ccc(Oc3ccc(Cl)cc3)cc2)C1. The monoisotopic (exact) mass is 315 g/mol. The topological polar surface area (TPSA) is 21.3 Å². The van der Waals surface area contributed by atoms with E-state index in [-0.39, 0.29) is 0 Å². The molecule has 1 N–H and O–H groups in total. The Hall–Kier alpha value is -1.67. The molecular weight excluding hydrogens is 294 g/mol. The molecule has 3 rings (SSSR count). The molecule has 0 aliphatic heterocycles. The van der Waals surface area contributed by atoms with Gasteiger partial charge in [-0.1, -0.05) is 24.9 Å². The Morgan fingerprint density at radius 3 is 2.23 bits per heavy atom. The molecule has 0 spiro atoms. The zero-order valence-corrected chi connectivity index (χ0v) is 13.6. The first-order valence-corrected chi connectivity index (χ1v) is 8.34. The average Bonchev–Trinajstić information content (AvgIpc) is 2.94. The van der Waals surface area contributed by atoms with Crippen LogP contribution < -0.4 is 10.1 Å². The first-order valence-electron chi connectivity index (χ1n) is 7.96. The second-order valence-corrected chi connectivity index (χ2v) is 6.68. The quantitative estimate of drug-likeness (QED) is 0.732. The summed E-state index contributed by atoms with van der Waals surface area (Å²) in [5.41, 5.74) is 1.16. The lowest BCUT2D eigenvalue weighted by Crippen LogP contribution is -2.11. The molecule has 0 saturated heterocycles. The van der Waals surface area contributed by atoms with Crippen LogP contribution >= 0.6 is 11.6 Å². The molecule has 116 valence electrons. The summed E-state index contributed by atoms with van der Waals surface area (Å²) in [6, 6.07) is 15.5. The van der Waals surface area contributed by atoms with Crippen molar-refractivity contribution in [2.24, 2.45) is 11.8 Å². The van der Waals surface area contributed by atoms with Crippen molar-refractivity contribution in [3.8, 4) is 11.5 Å². The van der Waals surface area contributed by atoms with Crippen molar-refractivity contribution in [3.05, 3.63) is 53.6 Å². The molecule has 2 unspecified atom stereocenters. The number of halogens is 1. The fourth-order valence-electron chi connectivity index (χ4n) is 3.05. The lowest BCUT2D eigenvalue weighted by atomic mass is 10.1. The molecule has 2 nitrogen and oxygen atoms in total. The third-order valence-corrected chi connectivity index (χ3v) is 4.55. The predicted molar refractivity (Wildman–Crippen MR) is 93.0 cm³/mol. The van der Waals surface area contributed by atoms with Gasteiger partial charge in [0.25, 0.3) is 0 Å². The van der Waals surface area contributed by atoms with Gasteiger partial charge in [0.05, 0.1) is 0 Å². The summed E-state index contributed by atoms with van der Waals surface area (Å²) in [4.78, 5) is 0. The largest absolute Gasteiger partial charge is 0.457 e. The molecule has 0 amide bonds. The summed E-state index contributed by atoms with van der Waals surface area (Å²) in [6.07, 6.45) is 4.08. The van der Waals surface area contributed by atoms with Crippen LogP contribution in [0.2, 0.25) is 5.02 Å². The van der Waals surface area contributed by atoms with E-state index in [9.17, 15) is 0 Å². The van der Waals surface area contributed by atoms with Gasteiger partial charge in [0.2, 0.25) is 0 Å². The van der Waals surface area contributed by atoms with Gasteiger partial charge in [-0.05, 0) is 73.2 Å². The first-order chi connectivity index (χ1) is 10.7. The Morgan fingerprint density at radius 1 is 1.00 bits per heavy atom. The van der Waals surface area contributed by atoms with Crippen LogP contribution in [-0.4, -0.2) is 6.54 Å². The van der Waals surface area contributed by atoms with Gasteiger partial charge in [0, 0.05) is 17.3 Å². The third-order valence-electron chi connectivity index (χ3n) is 4.30. The average molecular weight is 316 g/mol. The minimum atomic E-state index is 0.716. The Morgan fingerprint density at radius 2 is 1.64 bits per heavy atom. The summed E-state index contributed by atoms with van der Waals surface area (Å²) in [5, 5.41) is 4.25. The zero-order valence-electron chi connectivity index (χ0n) is 12.9. The zero-order chi connectivity index (χ0) is 15.4. The van der Waals surface area contributed by atoms with E-state index in [0.717, 1.165) is 35.6 Å². The molecule has 1 saturated carbocycles. The van der Waals surface area contributed by atoms with Crippen LogP contribution in [0.15, 0.2) is 48.5 Å². The highest BCUT2D eigenvalue weighted by Crippen LogP contribution is 2.30. The fourth-order valence-corrected chi connectivity index (χ4v) is 3.18. The second-order valence-electron chi connectivity index (χ2n) is 6.25. The Labute approximate surface area is 137 Å². The number of ether oxygens (including phenoxy) is 1. The van der Waals surface area contributed by atoms with Gasteiger partial charge in [0.15, 0.2) is 0 Å². The summed E-state index contributed by atoms with van der Waals surface area (Å²) < 4.78 is 5.79. The van der Waals surface area contributed by atoms with E-state index in [4.69, 9.17) is 16.3 Å². The van der Waals surface area contributed by atoms with Crippen molar-refractivity contribution in [2.45, 2.75) is 26.2 Å². The molecule has 22 heavy (non-hydrogen) atoms. The highest BCUT2D eigenvalue weighted by Gasteiger charge is 2.20. The Kier molecular flexibility index (Phi) is 4.89. The van der Waals surface area contributed by atoms with E-state index in [1.54, 1.807) is 0 Å². The minimum absolute atomic E-state index is 0.716. The maximum Gasteiger partial charge on any atom is 0.127 e. The maximum atomic E-state index is 5.87. The molecule has 2 aromatic rings. The molecule has 0 aromatic heterocycles.